The van der Waals surface area contributed by atoms with Crippen molar-refractivity contribution in [1.82, 2.24) is 9.78 Å². The average molecular weight is 156 g/mol. The van der Waals surface area contributed by atoms with E-state index in [2.05, 4.69) is 5.10 Å². The van der Waals surface area contributed by atoms with Gasteiger partial charge in [-0.2, -0.15) is 0 Å². The van der Waals surface area contributed by atoms with Crippen molar-refractivity contribution in [2.24, 2.45) is 0 Å². The first-order valence-corrected chi connectivity index (χ1v) is 3.64. The van der Waals surface area contributed by atoms with E-state index in [4.69, 9.17) is 9.84 Å². The number of ether oxygens (including phenoxy) is 1. The lowest BCUT2D eigenvalue weighted by Crippen LogP contribution is -2.02. The normalized spacial score (nSPS) is 10.0. The summed E-state index contributed by atoms with van der Waals surface area (Å²) in [4.78, 5) is 0. The van der Waals surface area contributed by atoms with Crippen LogP contribution in [0.5, 0.6) is 5.88 Å². The Morgan fingerprint density at radius 1 is 1.73 bits per heavy atom. The topological polar surface area (TPSA) is 47.3 Å². The Morgan fingerprint density at radius 3 is 3.18 bits per heavy atom. The van der Waals surface area contributed by atoms with Crippen LogP contribution in [-0.2, 0) is 6.54 Å². The molecule has 0 bridgehead atoms. The van der Waals surface area contributed by atoms with Crippen molar-refractivity contribution in [2.75, 3.05) is 13.2 Å². The Hall–Kier alpha value is -1.03. The number of nitrogens with zero attached hydrogens (tertiary/aromatic N) is 2. The lowest BCUT2D eigenvalue weighted by Gasteiger charge is -1.96. The molecule has 62 valence electrons. The highest BCUT2D eigenvalue weighted by Crippen LogP contribution is 2.04. The predicted molar refractivity (Wildman–Crippen MR) is 40.5 cm³/mol. The van der Waals surface area contributed by atoms with Crippen LogP contribution < -0.4 is 4.74 Å². The number of hydrogen-bond acceptors (Lipinski definition) is 3. The minimum Gasteiger partial charge on any atom is -0.477 e. The van der Waals surface area contributed by atoms with Crippen molar-refractivity contribution in [2.45, 2.75) is 13.5 Å². The van der Waals surface area contributed by atoms with Gasteiger partial charge in [-0.15, -0.1) is 5.10 Å². The molecule has 0 amide bonds. The van der Waals surface area contributed by atoms with Crippen molar-refractivity contribution in [1.29, 1.82) is 0 Å². The van der Waals surface area contributed by atoms with Gasteiger partial charge in [0.1, 0.15) is 0 Å². The maximum Gasteiger partial charge on any atom is 0.232 e. The minimum absolute atomic E-state index is 0.104. The summed E-state index contributed by atoms with van der Waals surface area (Å²) in [6, 6.07) is 1.78. The van der Waals surface area contributed by atoms with Crippen LogP contribution in [0.15, 0.2) is 12.3 Å². The summed E-state index contributed by atoms with van der Waals surface area (Å²) in [5.41, 5.74) is 0. The zero-order valence-corrected chi connectivity index (χ0v) is 6.53. The van der Waals surface area contributed by atoms with Gasteiger partial charge in [0.15, 0.2) is 0 Å². The highest BCUT2D eigenvalue weighted by Gasteiger charge is 1.96. The molecule has 1 rings (SSSR count). The second kappa shape index (κ2) is 3.98. The zero-order chi connectivity index (χ0) is 8.10. The van der Waals surface area contributed by atoms with Gasteiger partial charge in [0.25, 0.3) is 0 Å². The molecule has 0 saturated carbocycles. The molecule has 0 saturated heterocycles. The van der Waals surface area contributed by atoms with Crippen LogP contribution in [0.25, 0.3) is 0 Å². The lowest BCUT2D eigenvalue weighted by molar-refractivity contribution is 0.264. The molecular weight excluding hydrogens is 144 g/mol. The van der Waals surface area contributed by atoms with Gasteiger partial charge in [0, 0.05) is 12.3 Å². The third-order valence-corrected chi connectivity index (χ3v) is 1.24. The highest BCUT2D eigenvalue weighted by molar-refractivity contribution is 5.05. The Bertz CT molecular complexity index is 189. The molecule has 1 aromatic rings. The third kappa shape index (κ3) is 2.23. The SMILES string of the molecule is CCOc1ccn(CCO)n1. The second-order valence-corrected chi connectivity index (χ2v) is 2.07. The fourth-order valence-electron chi connectivity index (χ4n) is 0.795. The van der Waals surface area contributed by atoms with Crippen LogP contribution in [-0.4, -0.2) is 28.1 Å². The number of aliphatic hydroxyl groups excluding tert-OH is 1. The third-order valence-electron chi connectivity index (χ3n) is 1.24. The maximum absolute atomic E-state index is 8.56. The molecule has 0 fully saturated rings. The van der Waals surface area contributed by atoms with E-state index in [1.807, 2.05) is 6.92 Å². The van der Waals surface area contributed by atoms with Crippen LogP contribution in [0.3, 0.4) is 0 Å². The van der Waals surface area contributed by atoms with Crippen molar-refractivity contribution >= 4 is 0 Å². The van der Waals surface area contributed by atoms with Crippen molar-refractivity contribution in [3.05, 3.63) is 12.3 Å². The Morgan fingerprint density at radius 2 is 2.55 bits per heavy atom. The van der Waals surface area contributed by atoms with Crippen molar-refractivity contribution in [3.8, 4) is 5.88 Å². The van der Waals surface area contributed by atoms with E-state index < -0.39 is 0 Å². The van der Waals surface area contributed by atoms with Gasteiger partial charge >= 0.3 is 0 Å². The van der Waals surface area contributed by atoms with E-state index in [1.54, 1.807) is 16.9 Å². The Balaban J connectivity index is 2.51. The minimum atomic E-state index is 0.104. The molecule has 0 atom stereocenters. The molecule has 1 heterocycles. The molecule has 0 aliphatic heterocycles. The van der Waals surface area contributed by atoms with Gasteiger partial charge in [0.2, 0.25) is 5.88 Å². The van der Waals surface area contributed by atoms with Crippen LogP contribution in [0.1, 0.15) is 6.92 Å². The van der Waals surface area contributed by atoms with E-state index in [0.29, 0.717) is 19.0 Å². The fourth-order valence-corrected chi connectivity index (χ4v) is 0.795. The fraction of sp³-hybridized carbons (Fsp3) is 0.571. The number of aromatic nitrogens is 2. The summed E-state index contributed by atoms with van der Waals surface area (Å²) in [6.07, 6.45) is 1.78. The smallest absolute Gasteiger partial charge is 0.232 e. The highest BCUT2D eigenvalue weighted by atomic mass is 16.5. The maximum atomic E-state index is 8.56. The molecule has 0 aromatic carbocycles. The Labute approximate surface area is 65.4 Å². The lowest BCUT2D eigenvalue weighted by atomic mass is 10.6. The molecule has 0 unspecified atom stereocenters. The van der Waals surface area contributed by atoms with Crippen LogP contribution in [0.2, 0.25) is 0 Å². The molecular formula is C7H12N2O2. The first kappa shape index (κ1) is 8.07. The van der Waals surface area contributed by atoms with Crippen molar-refractivity contribution < 1.29 is 9.84 Å². The zero-order valence-electron chi connectivity index (χ0n) is 6.53. The van der Waals surface area contributed by atoms with Gasteiger partial charge in [0.05, 0.1) is 19.8 Å². The van der Waals surface area contributed by atoms with Gasteiger partial charge in [-0.1, -0.05) is 0 Å². The molecule has 0 spiro atoms. The van der Waals surface area contributed by atoms with Crippen LogP contribution >= 0.6 is 0 Å². The Kier molecular flexibility index (Phi) is 2.92. The number of rotatable bonds is 4. The van der Waals surface area contributed by atoms with E-state index in [0.717, 1.165) is 0 Å². The first-order valence-electron chi connectivity index (χ1n) is 3.64. The van der Waals surface area contributed by atoms with Gasteiger partial charge in [-0.25, -0.2) is 0 Å². The molecule has 1 N–H and O–H groups in total. The van der Waals surface area contributed by atoms with Gasteiger partial charge in [-0.3, -0.25) is 4.68 Å². The molecule has 0 radical (unpaired) electrons. The quantitative estimate of drug-likeness (QED) is 0.680. The summed E-state index contributed by atoms with van der Waals surface area (Å²) >= 11 is 0. The molecule has 0 aliphatic carbocycles. The van der Waals surface area contributed by atoms with Gasteiger partial charge < -0.3 is 9.84 Å². The van der Waals surface area contributed by atoms with Crippen LogP contribution in [0.4, 0.5) is 0 Å². The standard InChI is InChI=1S/C7H12N2O2/c1-2-11-7-3-4-9(8-7)5-6-10/h3-4,10H,2,5-6H2,1H3. The second-order valence-electron chi connectivity index (χ2n) is 2.07. The van der Waals surface area contributed by atoms with Gasteiger partial charge in [-0.05, 0) is 6.92 Å². The number of hydrogen-bond donors (Lipinski definition) is 1. The molecule has 4 nitrogen and oxygen atoms in total. The molecule has 1 aromatic heterocycles. The summed E-state index contributed by atoms with van der Waals surface area (Å²) < 4.78 is 6.76. The summed E-state index contributed by atoms with van der Waals surface area (Å²) in [5, 5.41) is 12.6. The van der Waals surface area contributed by atoms with E-state index in [-0.39, 0.29) is 6.61 Å². The largest absolute Gasteiger partial charge is 0.477 e. The van der Waals surface area contributed by atoms with E-state index >= 15 is 0 Å². The number of aliphatic hydroxyl groups is 1. The summed E-state index contributed by atoms with van der Waals surface area (Å²) in [6.45, 7) is 3.15. The van der Waals surface area contributed by atoms with Crippen molar-refractivity contribution in [3.63, 3.8) is 0 Å². The van der Waals surface area contributed by atoms with E-state index in [9.17, 15) is 0 Å². The first-order chi connectivity index (χ1) is 5.36. The summed E-state index contributed by atoms with van der Waals surface area (Å²) in [5.74, 6) is 0.612. The monoisotopic (exact) mass is 156 g/mol. The molecule has 11 heavy (non-hydrogen) atoms. The molecule has 0 aliphatic rings. The van der Waals surface area contributed by atoms with Crippen LogP contribution in [0, 0.1) is 0 Å². The molecule has 4 heteroatoms. The summed E-state index contributed by atoms with van der Waals surface area (Å²) in [7, 11) is 0. The predicted octanol–water partition coefficient (Wildman–Crippen LogP) is 0.274. The average Bonchev–Trinajstić information content (AvgIpc) is 2.38. The van der Waals surface area contributed by atoms with E-state index in [1.165, 1.54) is 0 Å².